The summed E-state index contributed by atoms with van der Waals surface area (Å²) in [6.45, 7) is -0.0792. The quantitative estimate of drug-likeness (QED) is 0.0923. The summed E-state index contributed by atoms with van der Waals surface area (Å²) in [5, 5.41) is 17.6. The third-order valence-corrected chi connectivity index (χ3v) is 3.99. The van der Waals surface area contributed by atoms with Crippen molar-refractivity contribution < 1.29 is 34.1 Å². The second kappa shape index (κ2) is 14.4. The molecule has 1 amide bonds. The van der Waals surface area contributed by atoms with Crippen molar-refractivity contribution in [1.29, 1.82) is 0 Å². The molecular formula is C21H24N2O8S. The second-order valence-corrected chi connectivity index (χ2v) is 6.62. The van der Waals surface area contributed by atoms with Crippen molar-refractivity contribution in [1.82, 2.24) is 0 Å². The fourth-order valence-corrected chi connectivity index (χ4v) is 2.33. The van der Waals surface area contributed by atoms with Crippen LogP contribution < -0.4 is 15.2 Å². The number of methoxy groups -OCH3 is 1. The van der Waals surface area contributed by atoms with Gasteiger partial charge in [0.05, 0.1) is 20.3 Å². The molecule has 0 spiro atoms. The first-order valence-electron chi connectivity index (χ1n) is 9.27. The standard InChI is InChI=1S/C14H16N2O7.C7H8OS/c1-21-12-9-10(5-7-13(15)17)4-6-11(12)23-14(18)3-2-8-22-16(19)20;8-5-6-1-3-7(9)4-2-6/h4-7,9H,2-3,8H2,1H3,(H2,15,17);1-4,8-9H,5H2/b7-5+;. The van der Waals surface area contributed by atoms with Gasteiger partial charge in [-0.3, -0.25) is 9.59 Å². The maximum Gasteiger partial charge on any atom is 0.311 e. The zero-order valence-corrected chi connectivity index (χ0v) is 18.2. The van der Waals surface area contributed by atoms with Crippen molar-refractivity contribution >= 4 is 30.6 Å². The largest absolute Gasteiger partial charge is 0.493 e. The van der Waals surface area contributed by atoms with Crippen LogP contribution in [0.3, 0.4) is 0 Å². The Morgan fingerprint density at radius 3 is 2.44 bits per heavy atom. The number of carbonyl (C=O) groups is 2. The first-order chi connectivity index (χ1) is 15.2. The Kier molecular flexibility index (Phi) is 11.9. The van der Waals surface area contributed by atoms with Crippen molar-refractivity contribution in [2.45, 2.75) is 24.3 Å². The summed E-state index contributed by atoms with van der Waals surface area (Å²) in [7, 11) is 1.40. The van der Waals surface area contributed by atoms with E-state index in [9.17, 15) is 19.7 Å². The second-order valence-electron chi connectivity index (χ2n) is 6.11. The molecule has 0 unspecified atom stereocenters. The van der Waals surface area contributed by atoms with E-state index in [0.717, 1.165) is 10.5 Å². The van der Waals surface area contributed by atoms with Crippen LogP contribution in [-0.2, 0) is 21.0 Å². The average molecular weight is 464 g/mol. The number of hydrogen-bond donors (Lipinski definition) is 3. The molecule has 0 aliphatic carbocycles. The van der Waals surface area contributed by atoms with E-state index in [2.05, 4.69) is 17.5 Å². The number of thiol groups is 1. The van der Waals surface area contributed by atoms with Gasteiger partial charge in [0.1, 0.15) is 0 Å². The number of hydrogen-bond acceptors (Lipinski definition) is 9. The van der Waals surface area contributed by atoms with Gasteiger partial charge in [-0.15, -0.1) is 22.7 Å². The van der Waals surface area contributed by atoms with Gasteiger partial charge < -0.3 is 25.2 Å². The number of esters is 1. The van der Waals surface area contributed by atoms with Gasteiger partial charge in [-0.2, -0.15) is 0 Å². The summed E-state index contributed by atoms with van der Waals surface area (Å²) in [6.07, 6.45) is 2.79. The molecule has 0 aliphatic rings. The molecule has 2 aromatic rings. The predicted molar refractivity (Wildman–Crippen MR) is 119 cm³/mol. The maximum absolute atomic E-state index is 11.6. The van der Waals surface area contributed by atoms with Crippen molar-refractivity contribution in [2.75, 3.05) is 13.7 Å². The minimum Gasteiger partial charge on any atom is -0.493 e. The minimum absolute atomic E-state index is 0.0413. The zero-order valence-electron chi connectivity index (χ0n) is 17.3. The molecule has 2 aromatic carbocycles. The van der Waals surface area contributed by atoms with Crippen LogP contribution in [0.4, 0.5) is 0 Å². The summed E-state index contributed by atoms with van der Waals surface area (Å²) in [5.41, 5.74) is 6.57. The minimum atomic E-state index is -0.924. The van der Waals surface area contributed by atoms with Crippen molar-refractivity contribution in [3.63, 3.8) is 0 Å². The molecule has 11 heteroatoms. The highest BCUT2D eigenvalue weighted by Crippen LogP contribution is 2.29. The van der Waals surface area contributed by atoms with Crippen LogP contribution in [0.2, 0.25) is 0 Å². The number of nitrogens with two attached hydrogens (primary N) is 1. The Balaban J connectivity index is 0.000000471. The number of aliphatic hydroxyl groups excluding tert-OH is 1. The van der Waals surface area contributed by atoms with Crippen LogP contribution >= 0.6 is 12.6 Å². The van der Waals surface area contributed by atoms with E-state index in [1.54, 1.807) is 12.1 Å². The molecule has 2 rings (SSSR count). The molecule has 32 heavy (non-hydrogen) atoms. The van der Waals surface area contributed by atoms with Crippen molar-refractivity contribution in [3.05, 3.63) is 69.8 Å². The van der Waals surface area contributed by atoms with E-state index in [1.165, 1.54) is 25.3 Å². The Hall–Kier alpha value is -3.57. The highest BCUT2D eigenvalue weighted by Gasteiger charge is 2.11. The molecule has 0 bridgehead atoms. The summed E-state index contributed by atoms with van der Waals surface area (Å²) < 4.78 is 10.2. The molecule has 0 fully saturated rings. The summed E-state index contributed by atoms with van der Waals surface area (Å²) in [5.74, 6) is -0.664. The molecule has 0 saturated heterocycles. The molecule has 0 aromatic heterocycles. The first-order valence-corrected chi connectivity index (χ1v) is 9.72. The summed E-state index contributed by atoms with van der Waals surface area (Å²) >= 11 is 4.09. The summed E-state index contributed by atoms with van der Waals surface area (Å²) in [4.78, 5) is 37.3. The third-order valence-electron chi connectivity index (χ3n) is 3.69. The van der Waals surface area contributed by atoms with Crippen LogP contribution in [0.1, 0.15) is 24.0 Å². The smallest absolute Gasteiger partial charge is 0.311 e. The molecule has 3 N–H and O–H groups in total. The number of amides is 1. The number of aliphatic hydroxyl groups is 1. The highest BCUT2D eigenvalue weighted by molar-refractivity contribution is 7.80. The summed E-state index contributed by atoms with van der Waals surface area (Å²) in [6, 6.07) is 12.1. The highest BCUT2D eigenvalue weighted by atomic mass is 32.1. The average Bonchev–Trinajstić information content (AvgIpc) is 2.77. The van der Waals surface area contributed by atoms with E-state index >= 15 is 0 Å². The van der Waals surface area contributed by atoms with Crippen LogP contribution in [0.15, 0.2) is 53.4 Å². The van der Waals surface area contributed by atoms with Gasteiger partial charge >= 0.3 is 5.97 Å². The van der Waals surface area contributed by atoms with E-state index in [4.69, 9.17) is 20.3 Å². The lowest BCUT2D eigenvalue weighted by Crippen LogP contribution is -2.11. The van der Waals surface area contributed by atoms with Gasteiger partial charge in [0, 0.05) is 17.4 Å². The third kappa shape index (κ3) is 11.0. The molecule has 0 heterocycles. The normalized spacial score (nSPS) is 10.1. The van der Waals surface area contributed by atoms with Gasteiger partial charge in [0.25, 0.3) is 5.09 Å². The topological polar surface area (TPSA) is 151 Å². The lowest BCUT2D eigenvalue weighted by Gasteiger charge is -2.10. The van der Waals surface area contributed by atoms with Gasteiger partial charge in [-0.05, 0) is 47.9 Å². The maximum atomic E-state index is 11.6. The monoisotopic (exact) mass is 464 g/mol. The molecule has 0 radical (unpaired) electrons. The van der Waals surface area contributed by atoms with Gasteiger partial charge in [-0.1, -0.05) is 18.2 Å². The lowest BCUT2D eigenvalue weighted by molar-refractivity contribution is -0.757. The van der Waals surface area contributed by atoms with Crippen molar-refractivity contribution in [3.8, 4) is 11.5 Å². The van der Waals surface area contributed by atoms with Crippen LogP contribution in [0, 0.1) is 10.1 Å². The molecule has 172 valence electrons. The Bertz CT molecular complexity index is 932. The molecular weight excluding hydrogens is 440 g/mol. The SMILES string of the molecule is COc1cc(/C=C/C(N)=O)ccc1OC(=O)CCCO[N+](=O)[O-].OCc1ccc(S)cc1. The van der Waals surface area contributed by atoms with Crippen LogP contribution in [0.25, 0.3) is 6.08 Å². The van der Waals surface area contributed by atoms with E-state index < -0.39 is 17.0 Å². The number of rotatable bonds is 10. The van der Waals surface area contributed by atoms with Crippen molar-refractivity contribution in [2.24, 2.45) is 5.73 Å². The Morgan fingerprint density at radius 2 is 1.88 bits per heavy atom. The van der Waals surface area contributed by atoms with Gasteiger partial charge in [-0.25, -0.2) is 0 Å². The number of primary amides is 1. The lowest BCUT2D eigenvalue weighted by atomic mass is 10.2. The molecule has 0 aliphatic heterocycles. The number of benzene rings is 2. The van der Waals surface area contributed by atoms with Crippen LogP contribution in [-0.4, -0.2) is 35.8 Å². The van der Waals surface area contributed by atoms with Crippen LogP contribution in [0.5, 0.6) is 11.5 Å². The first kappa shape index (κ1) is 26.5. The number of ether oxygens (including phenoxy) is 2. The Labute approximate surface area is 190 Å². The predicted octanol–water partition coefficient (Wildman–Crippen LogP) is 2.56. The van der Waals surface area contributed by atoms with E-state index in [0.29, 0.717) is 11.3 Å². The molecule has 10 nitrogen and oxygen atoms in total. The number of nitrogens with zero attached hydrogens (tertiary/aromatic N) is 1. The fourth-order valence-electron chi connectivity index (χ4n) is 2.18. The van der Waals surface area contributed by atoms with E-state index in [1.807, 2.05) is 24.3 Å². The zero-order chi connectivity index (χ0) is 23.9. The van der Waals surface area contributed by atoms with Gasteiger partial charge in [0.2, 0.25) is 5.91 Å². The number of carbonyl (C=O) groups excluding carboxylic acids is 2. The fraction of sp³-hybridized carbons (Fsp3) is 0.238. The van der Waals surface area contributed by atoms with E-state index in [-0.39, 0.29) is 31.8 Å². The molecule has 0 atom stereocenters. The Morgan fingerprint density at radius 1 is 1.19 bits per heavy atom. The molecule has 0 saturated carbocycles. The van der Waals surface area contributed by atoms with Gasteiger partial charge in [0.15, 0.2) is 11.5 Å².